The molecule has 0 aliphatic carbocycles. The van der Waals surface area contributed by atoms with E-state index in [1.807, 2.05) is 18.3 Å². The van der Waals surface area contributed by atoms with Crippen LogP contribution >= 0.6 is 11.6 Å². The number of rotatable bonds is 3. The minimum Gasteiger partial charge on any atom is -0.497 e. The summed E-state index contributed by atoms with van der Waals surface area (Å²) in [5, 5.41) is 0.303. The molecule has 1 unspecified atom stereocenters. The molecule has 2 heterocycles. The number of halogens is 1. The van der Waals surface area contributed by atoms with E-state index in [-0.39, 0.29) is 0 Å². The minimum absolute atomic E-state index is 0.303. The van der Waals surface area contributed by atoms with Crippen molar-refractivity contribution in [2.45, 2.75) is 19.4 Å². The zero-order valence-electron chi connectivity index (χ0n) is 11.5. The summed E-state index contributed by atoms with van der Waals surface area (Å²) in [7, 11) is 1.67. The van der Waals surface area contributed by atoms with Crippen LogP contribution in [0.3, 0.4) is 0 Å². The van der Waals surface area contributed by atoms with E-state index in [1.54, 1.807) is 7.11 Å². The maximum atomic E-state index is 5.91. The third kappa shape index (κ3) is 2.43. The zero-order chi connectivity index (χ0) is 14.1. The molecule has 1 aromatic carbocycles. The first kappa shape index (κ1) is 13.2. The van der Waals surface area contributed by atoms with Gasteiger partial charge in [0.05, 0.1) is 7.11 Å². The largest absolute Gasteiger partial charge is 0.497 e. The molecule has 1 aliphatic heterocycles. The van der Waals surface area contributed by atoms with Crippen LogP contribution in [0.15, 0.2) is 30.5 Å². The number of anilines is 1. The molecule has 1 aliphatic rings. The van der Waals surface area contributed by atoms with Crippen molar-refractivity contribution in [2.24, 2.45) is 0 Å². The lowest BCUT2D eigenvalue weighted by Crippen LogP contribution is -2.21. The molecule has 0 saturated carbocycles. The SMILES string of the molecule is COc1ccc(CN2CC(C)c3cnc(Cl)nc32)cc1. The summed E-state index contributed by atoms with van der Waals surface area (Å²) in [4.78, 5) is 10.7. The average Bonchev–Trinajstić information content (AvgIpc) is 2.76. The molecule has 1 atom stereocenters. The first-order valence-electron chi connectivity index (χ1n) is 6.57. The Morgan fingerprint density at radius 3 is 2.80 bits per heavy atom. The highest BCUT2D eigenvalue weighted by molar-refractivity contribution is 6.28. The first-order chi connectivity index (χ1) is 9.67. The van der Waals surface area contributed by atoms with Gasteiger partial charge in [0.2, 0.25) is 5.28 Å². The van der Waals surface area contributed by atoms with Gasteiger partial charge in [0, 0.05) is 30.8 Å². The Balaban J connectivity index is 1.84. The van der Waals surface area contributed by atoms with Gasteiger partial charge in [-0.3, -0.25) is 0 Å². The second-order valence-corrected chi connectivity index (χ2v) is 5.39. The van der Waals surface area contributed by atoms with Crippen LogP contribution in [0, 0.1) is 0 Å². The molecule has 3 rings (SSSR count). The van der Waals surface area contributed by atoms with Gasteiger partial charge >= 0.3 is 0 Å². The molecular formula is C15H16ClN3O. The lowest BCUT2D eigenvalue weighted by molar-refractivity contribution is 0.414. The van der Waals surface area contributed by atoms with Crippen molar-refractivity contribution in [3.63, 3.8) is 0 Å². The average molecular weight is 290 g/mol. The number of aromatic nitrogens is 2. The fraction of sp³-hybridized carbons (Fsp3) is 0.333. The van der Waals surface area contributed by atoms with Crippen molar-refractivity contribution in [3.05, 3.63) is 46.9 Å². The molecule has 0 N–H and O–H groups in total. The van der Waals surface area contributed by atoms with E-state index in [4.69, 9.17) is 16.3 Å². The van der Waals surface area contributed by atoms with Crippen molar-refractivity contribution < 1.29 is 4.74 Å². The smallest absolute Gasteiger partial charge is 0.224 e. The number of hydrogen-bond acceptors (Lipinski definition) is 4. The molecule has 4 nitrogen and oxygen atoms in total. The number of fused-ring (bicyclic) bond motifs is 1. The molecule has 0 spiro atoms. The van der Waals surface area contributed by atoms with Crippen LogP contribution < -0.4 is 9.64 Å². The summed E-state index contributed by atoms with van der Waals surface area (Å²) in [6.07, 6.45) is 1.84. The van der Waals surface area contributed by atoms with Crippen molar-refractivity contribution >= 4 is 17.4 Å². The second kappa shape index (κ2) is 5.29. The van der Waals surface area contributed by atoms with Crippen LogP contribution in [-0.4, -0.2) is 23.6 Å². The normalized spacial score (nSPS) is 17.1. The highest BCUT2D eigenvalue weighted by Gasteiger charge is 2.27. The molecule has 2 aromatic rings. The Hall–Kier alpha value is -1.81. The molecule has 0 amide bonds. The van der Waals surface area contributed by atoms with Gasteiger partial charge in [-0.15, -0.1) is 0 Å². The van der Waals surface area contributed by atoms with Gasteiger partial charge in [-0.1, -0.05) is 19.1 Å². The summed E-state index contributed by atoms with van der Waals surface area (Å²) in [5.74, 6) is 2.25. The quantitative estimate of drug-likeness (QED) is 0.813. The molecule has 20 heavy (non-hydrogen) atoms. The van der Waals surface area contributed by atoms with E-state index in [0.717, 1.165) is 24.7 Å². The van der Waals surface area contributed by atoms with E-state index in [1.165, 1.54) is 11.1 Å². The van der Waals surface area contributed by atoms with Gasteiger partial charge in [0.1, 0.15) is 11.6 Å². The second-order valence-electron chi connectivity index (χ2n) is 5.05. The van der Waals surface area contributed by atoms with E-state index in [2.05, 4.69) is 33.9 Å². The number of benzene rings is 1. The maximum absolute atomic E-state index is 5.91. The summed E-state index contributed by atoms with van der Waals surface area (Å²) in [6, 6.07) is 8.10. The van der Waals surface area contributed by atoms with Gasteiger partial charge in [-0.25, -0.2) is 9.97 Å². The first-order valence-corrected chi connectivity index (χ1v) is 6.95. The van der Waals surface area contributed by atoms with Crippen molar-refractivity contribution in [1.29, 1.82) is 0 Å². The predicted molar refractivity (Wildman–Crippen MR) is 79.5 cm³/mol. The monoisotopic (exact) mass is 289 g/mol. The summed E-state index contributed by atoms with van der Waals surface area (Å²) in [6.45, 7) is 3.94. The van der Waals surface area contributed by atoms with E-state index < -0.39 is 0 Å². The Morgan fingerprint density at radius 1 is 1.35 bits per heavy atom. The topological polar surface area (TPSA) is 38.2 Å². The van der Waals surface area contributed by atoms with E-state index in [0.29, 0.717) is 11.2 Å². The number of methoxy groups -OCH3 is 1. The maximum Gasteiger partial charge on any atom is 0.224 e. The lowest BCUT2D eigenvalue weighted by Gasteiger charge is -2.18. The van der Waals surface area contributed by atoms with Gasteiger partial charge < -0.3 is 9.64 Å². The molecular weight excluding hydrogens is 274 g/mol. The predicted octanol–water partition coefficient (Wildman–Crippen LogP) is 3.26. The van der Waals surface area contributed by atoms with Gasteiger partial charge in [0.15, 0.2) is 0 Å². The Labute approximate surface area is 123 Å². The molecule has 0 radical (unpaired) electrons. The standard InChI is InChI=1S/C15H16ClN3O/c1-10-8-19(14-13(10)7-17-15(16)18-14)9-11-3-5-12(20-2)6-4-11/h3-7,10H,8-9H2,1-2H3. The number of hydrogen-bond donors (Lipinski definition) is 0. The molecule has 1 aromatic heterocycles. The van der Waals surface area contributed by atoms with Crippen molar-refractivity contribution in [2.75, 3.05) is 18.6 Å². The third-order valence-electron chi connectivity index (χ3n) is 3.62. The van der Waals surface area contributed by atoms with Crippen LogP contribution in [-0.2, 0) is 6.54 Å². The number of nitrogens with zero attached hydrogens (tertiary/aromatic N) is 3. The van der Waals surface area contributed by atoms with Gasteiger partial charge in [0.25, 0.3) is 0 Å². The highest BCUT2D eigenvalue weighted by atomic mass is 35.5. The van der Waals surface area contributed by atoms with Crippen molar-refractivity contribution in [1.82, 2.24) is 9.97 Å². The molecule has 0 saturated heterocycles. The summed E-state index contributed by atoms with van der Waals surface area (Å²) in [5.41, 5.74) is 2.39. The molecule has 0 fully saturated rings. The molecule has 0 bridgehead atoms. The fourth-order valence-corrected chi connectivity index (χ4v) is 2.70. The van der Waals surface area contributed by atoms with E-state index in [9.17, 15) is 0 Å². The van der Waals surface area contributed by atoms with Crippen LogP contribution in [0.1, 0.15) is 24.0 Å². The van der Waals surface area contributed by atoms with Crippen LogP contribution in [0.5, 0.6) is 5.75 Å². The third-order valence-corrected chi connectivity index (χ3v) is 3.81. The Morgan fingerprint density at radius 2 is 2.10 bits per heavy atom. The lowest BCUT2D eigenvalue weighted by atomic mass is 10.1. The highest BCUT2D eigenvalue weighted by Crippen LogP contribution is 2.35. The van der Waals surface area contributed by atoms with Crippen LogP contribution in [0.2, 0.25) is 5.28 Å². The minimum atomic E-state index is 0.303. The van der Waals surface area contributed by atoms with Crippen LogP contribution in [0.25, 0.3) is 0 Å². The Bertz CT molecular complexity index is 615. The fourth-order valence-electron chi connectivity index (χ4n) is 2.57. The van der Waals surface area contributed by atoms with Gasteiger partial charge in [-0.05, 0) is 29.3 Å². The van der Waals surface area contributed by atoms with Crippen LogP contribution in [0.4, 0.5) is 5.82 Å². The zero-order valence-corrected chi connectivity index (χ0v) is 12.3. The summed E-state index contributed by atoms with van der Waals surface area (Å²) >= 11 is 5.91. The van der Waals surface area contributed by atoms with Gasteiger partial charge in [-0.2, -0.15) is 0 Å². The molecule has 5 heteroatoms. The Kier molecular flexibility index (Phi) is 3.49. The number of ether oxygens (including phenoxy) is 1. The van der Waals surface area contributed by atoms with Crippen molar-refractivity contribution in [3.8, 4) is 5.75 Å². The van der Waals surface area contributed by atoms with E-state index >= 15 is 0 Å². The summed E-state index contributed by atoms with van der Waals surface area (Å²) < 4.78 is 5.18. The molecule has 104 valence electrons.